The highest BCUT2D eigenvalue weighted by Gasteiger charge is 2.25. The Morgan fingerprint density at radius 2 is 2.15 bits per heavy atom. The van der Waals surface area contributed by atoms with Crippen molar-refractivity contribution in [2.75, 3.05) is 13.1 Å². The Kier molecular flexibility index (Phi) is 4.65. The lowest BCUT2D eigenvalue weighted by Crippen LogP contribution is -2.40. The topological polar surface area (TPSA) is 55.6 Å². The van der Waals surface area contributed by atoms with Crippen molar-refractivity contribution in [1.29, 1.82) is 0 Å². The maximum atomic E-state index is 12.3. The van der Waals surface area contributed by atoms with E-state index in [0.717, 1.165) is 24.2 Å². The van der Waals surface area contributed by atoms with Crippen molar-refractivity contribution in [3.8, 4) is 5.75 Å². The number of rotatable bonds is 5. The number of nitrogens with two attached hydrogens (primary N) is 1. The van der Waals surface area contributed by atoms with Crippen LogP contribution in [0.4, 0.5) is 0 Å². The number of hydrogen-bond acceptors (Lipinski definition) is 3. The number of nitrogens with zero attached hydrogens (tertiary/aromatic N) is 1. The van der Waals surface area contributed by atoms with E-state index in [1.165, 1.54) is 5.56 Å². The number of carbonyl (C=O) groups excluding carboxylic acids is 1. The van der Waals surface area contributed by atoms with Crippen molar-refractivity contribution in [2.24, 2.45) is 5.73 Å². The van der Waals surface area contributed by atoms with Gasteiger partial charge >= 0.3 is 0 Å². The van der Waals surface area contributed by atoms with Crippen LogP contribution in [0.2, 0.25) is 0 Å². The summed E-state index contributed by atoms with van der Waals surface area (Å²) in [5, 5.41) is 0. The fourth-order valence-corrected chi connectivity index (χ4v) is 2.80. The minimum Gasteiger partial charge on any atom is -0.481 e. The number of ether oxygens (including phenoxy) is 1. The van der Waals surface area contributed by atoms with Crippen LogP contribution >= 0.6 is 0 Å². The Balaban J connectivity index is 2.13. The SMILES string of the molecule is CCN(CC)C(=O)C(C)Oc1cccc2c1CCC2N. The molecule has 110 valence electrons. The van der Waals surface area contributed by atoms with Gasteiger partial charge in [0.2, 0.25) is 0 Å². The molecule has 2 atom stereocenters. The first-order valence-corrected chi connectivity index (χ1v) is 7.41. The molecule has 0 saturated carbocycles. The summed E-state index contributed by atoms with van der Waals surface area (Å²) in [6.07, 6.45) is 1.42. The van der Waals surface area contributed by atoms with Crippen molar-refractivity contribution >= 4 is 5.91 Å². The van der Waals surface area contributed by atoms with Gasteiger partial charge in [-0.2, -0.15) is 0 Å². The lowest BCUT2D eigenvalue weighted by atomic mass is 10.1. The largest absolute Gasteiger partial charge is 0.481 e. The second-order valence-electron chi connectivity index (χ2n) is 5.24. The number of benzene rings is 1. The van der Waals surface area contributed by atoms with E-state index in [1.54, 1.807) is 4.90 Å². The second kappa shape index (κ2) is 6.27. The van der Waals surface area contributed by atoms with Crippen LogP contribution < -0.4 is 10.5 Å². The molecule has 0 spiro atoms. The minimum absolute atomic E-state index is 0.0369. The zero-order chi connectivity index (χ0) is 14.7. The van der Waals surface area contributed by atoms with Gasteiger partial charge in [-0.05, 0) is 50.8 Å². The van der Waals surface area contributed by atoms with Crippen LogP contribution in [0.5, 0.6) is 5.75 Å². The van der Waals surface area contributed by atoms with E-state index in [-0.39, 0.29) is 11.9 Å². The second-order valence-corrected chi connectivity index (χ2v) is 5.24. The Bertz CT molecular complexity index is 483. The van der Waals surface area contributed by atoms with Crippen LogP contribution in [0.25, 0.3) is 0 Å². The van der Waals surface area contributed by atoms with Gasteiger partial charge in [-0.1, -0.05) is 12.1 Å². The van der Waals surface area contributed by atoms with Gasteiger partial charge in [-0.25, -0.2) is 0 Å². The van der Waals surface area contributed by atoms with E-state index in [0.29, 0.717) is 13.1 Å². The Morgan fingerprint density at radius 1 is 1.45 bits per heavy atom. The average Bonchev–Trinajstić information content (AvgIpc) is 2.83. The molecule has 1 aliphatic carbocycles. The zero-order valence-electron chi connectivity index (χ0n) is 12.6. The molecule has 1 amide bonds. The van der Waals surface area contributed by atoms with Crippen LogP contribution in [-0.2, 0) is 11.2 Å². The summed E-state index contributed by atoms with van der Waals surface area (Å²) < 4.78 is 5.91. The Labute approximate surface area is 120 Å². The highest BCUT2D eigenvalue weighted by molar-refractivity contribution is 5.80. The summed E-state index contributed by atoms with van der Waals surface area (Å²) in [5.41, 5.74) is 8.39. The van der Waals surface area contributed by atoms with Gasteiger partial charge in [-0.3, -0.25) is 4.79 Å². The number of hydrogen-bond donors (Lipinski definition) is 1. The molecule has 0 bridgehead atoms. The summed E-state index contributed by atoms with van der Waals surface area (Å²) in [5.74, 6) is 0.846. The van der Waals surface area contributed by atoms with E-state index >= 15 is 0 Å². The first kappa shape index (κ1) is 14.9. The highest BCUT2D eigenvalue weighted by Crippen LogP contribution is 2.35. The van der Waals surface area contributed by atoms with Gasteiger partial charge in [0.05, 0.1) is 0 Å². The number of likely N-dealkylation sites (N-methyl/N-ethyl adjacent to an activating group) is 1. The molecule has 0 aliphatic heterocycles. The summed E-state index contributed by atoms with van der Waals surface area (Å²) in [7, 11) is 0. The fourth-order valence-electron chi connectivity index (χ4n) is 2.80. The van der Waals surface area contributed by atoms with Crippen LogP contribution in [0.1, 0.15) is 44.4 Å². The summed E-state index contributed by atoms with van der Waals surface area (Å²) in [6, 6.07) is 6.04. The monoisotopic (exact) mass is 276 g/mol. The maximum Gasteiger partial charge on any atom is 0.263 e. The molecule has 0 heterocycles. The lowest BCUT2D eigenvalue weighted by molar-refractivity contribution is -0.137. The third kappa shape index (κ3) is 2.80. The van der Waals surface area contributed by atoms with Crippen LogP contribution in [0.15, 0.2) is 18.2 Å². The molecule has 2 unspecified atom stereocenters. The number of carbonyl (C=O) groups is 1. The fraction of sp³-hybridized carbons (Fsp3) is 0.562. The lowest BCUT2D eigenvalue weighted by Gasteiger charge is -2.24. The normalized spacial score (nSPS) is 18.5. The molecule has 1 aromatic carbocycles. The van der Waals surface area contributed by atoms with Gasteiger partial charge < -0.3 is 15.4 Å². The molecule has 2 N–H and O–H groups in total. The van der Waals surface area contributed by atoms with Crippen molar-refractivity contribution in [2.45, 2.75) is 45.8 Å². The van der Waals surface area contributed by atoms with Crippen LogP contribution in [-0.4, -0.2) is 30.0 Å². The average molecular weight is 276 g/mol. The molecule has 2 rings (SSSR count). The molecule has 0 radical (unpaired) electrons. The smallest absolute Gasteiger partial charge is 0.263 e. The first-order chi connectivity index (χ1) is 9.58. The zero-order valence-corrected chi connectivity index (χ0v) is 12.6. The summed E-state index contributed by atoms with van der Waals surface area (Å²) in [6.45, 7) is 7.19. The molecule has 20 heavy (non-hydrogen) atoms. The number of amides is 1. The van der Waals surface area contributed by atoms with E-state index in [2.05, 4.69) is 6.07 Å². The highest BCUT2D eigenvalue weighted by atomic mass is 16.5. The predicted molar refractivity (Wildman–Crippen MR) is 79.7 cm³/mol. The molecule has 1 aromatic rings. The van der Waals surface area contributed by atoms with E-state index in [1.807, 2.05) is 32.9 Å². The van der Waals surface area contributed by atoms with Crippen molar-refractivity contribution < 1.29 is 9.53 Å². The van der Waals surface area contributed by atoms with E-state index < -0.39 is 6.10 Å². The van der Waals surface area contributed by atoms with Crippen LogP contribution in [0, 0.1) is 0 Å². The molecule has 4 heteroatoms. The van der Waals surface area contributed by atoms with Crippen molar-refractivity contribution in [1.82, 2.24) is 4.90 Å². The molecular formula is C16H24N2O2. The third-order valence-corrected chi connectivity index (χ3v) is 4.00. The maximum absolute atomic E-state index is 12.3. The molecular weight excluding hydrogens is 252 g/mol. The molecule has 0 aromatic heterocycles. The van der Waals surface area contributed by atoms with E-state index in [4.69, 9.17) is 10.5 Å². The minimum atomic E-state index is -0.460. The first-order valence-electron chi connectivity index (χ1n) is 7.41. The molecule has 0 saturated heterocycles. The van der Waals surface area contributed by atoms with Gasteiger partial charge in [0.15, 0.2) is 6.10 Å². The van der Waals surface area contributed by atoms with E-state index in [9.17, 15) is 4.79 Å². The predicted octanol–water partition coefficient (Wildman–Crippen LogP) is 2.27. The van der Waals surface area contributed by atoms with Crippen molar-refractivity contribution in [3.63, 3.8) is 0 Å². The van der Waals surface area contributed by atoms with Crippen molar-refractivity contribution in [3.05, 3.63) is 29.3 Å². The standard InChI is InChI=1S/C16H24N2O2/c1-4-18(5-2)16(19)11(3)20-15-8-6-7-12-13(15)9-10-14(12)17/h6-8,11,14H,4-5,9-10,17H2,1-3H3. The Morgan fingerprint density at radius 3 is 2.80 bits per heavy atom. The third-order valence-electron chi connectivity index (χ3n) is 4.00. The van der Waals surface area contributed by atoms with Gasteiger partial charge in [0.1, 0.15) is 5.75 Å². The number of fused-ring (bicyclic) bond motifs is 1. The Hall–Kier alpha value is -1.55. The van der Waals surface area contributed by atoms with Crippen LogP contribution in [0.3, 0.4) is 0 Å². The molecule has 1 aliphatic rings. The van der Waals surface area contributed by atoms with Gasteiger partial charge in [0, 0.05) is 19.1 Å². The summed E-state index contributed by atoms with van der Waals surface area (Å²) in [4.78, 5) is 14.0. The molecule has 0 fully saturated rings. The van der Waals surface area contributed by atoms with Gasteiger partial charge in [0.25, 0.3) is 5.91 Å². The van der Waals surface area contributed by atoms with Gasteiger partial charge in [-0.15, -0.1) is 0 Å². The quantitative estimate of drug-likeness (QED) is 0.897. The molecule has 4 nitrogen and oxygen atoms in total. The summed E-state index contributed by atoms with van der Waals surface area (Å²) >= 11 is 0.